The van der Waals surface area contributed by atoms with E-state index in [0.29, 0.717) is 6.42 Å². The van der Waals surface area contributed by atoms with Gasteiger partial charge in [-0.1, -0.05) is 237 Å². The number of carbonyl (C=O) groups is 2. The minimum absolute atomic E-state index is 0.0555. The van der Waals surface area contributed by atoms with Crippen molar-refractivity contribution in [1.29, 1.82) is 0 Å². The molecule has 0 amide bonds. The summed E-state index contributed by atoms with van der Waals surface area (Å²) >= 11 is 0. The van der Waals surface area contributed by atoms with Crippen LogP contribution in [0.3, 0.4) is 0 Å². The molecule has 376 valence electrons. The van der Waals surface area contributed by atoms with Crippen LogP contribution in [0, 0.1) is 0 Å². The van der Waals surface area contributed by atoms with Crippen LogP contribution in [0.5, 0.6) is 0 Å². The van der Waals surface area contributed by atoms with Crippen molar-refractivity contribution >= 4 is 19.8 Å². The van der Waals surface area contributed by atoms with Crippen LogP contribution in [0.1, 0.15) is 264 Å². The van der Waals surface area contributed by atoms with E-state index in [1.165, 1.54) is 186 Å². The van der Waals surface area contributed by atoms with Gasteiger partial charge in [0.15, 0.2) is 6.10 Å². The number of allylic oxidation sites excluding steroid dienone is 6. The average molecular weight is 924 g/mol. The fourth-order valence-corrected chi connectivity index (χ4v) is 8.53. The average Bonchev–Trinajstić information content (AvgIpc) is 3.28. The summed E-state index contributed by atoms with van der Waals surface area (Å²) in [6.45, 7) is 3.74. The molecule has 0 spiro atoms. The number of esters is 2. The van der Waals surface area contributed by atoms with Gasteiger partial charge in [0, 0.05) is 19.4 Å². The van der Waals surface area contributed by atoms with Gasteiger partial charge in [0.1, 0.15) is 6.61 Å². The third-order valence-corrected chi connectivity index (χ3v) is 12.8. The van der Waals surface area contributed by atoms with E-state index in [2.05, 4.69) is 50.3 Å². The summed E-state index contributed by atoms with van der Waals surface area (Å²) in [6.07, 6.45) is 59.3. The van der Waals surface area contributed by atoms with Gasteiger partial charge in [-0.15, -0.1) is 0 Å². The SMILES string of the molecule is CCCCCCC/C=C\C/C=C\C/C=C\CCCCCCCCCCCCCCCCCCCCC(=O)OC(COC(=O)CCCCCCCCCCCC)COP(=O)(O)OCCN. The summed E-state index contributed by atoms with van der Waals surface area (Å²) in [5.41, 5.74) is 5.36. The van der Waals surface area contributed by atoms with E-state index in [0.717, 1.165) is 44.9 Å². The Bertz CT molecular complexity index is 1140. The molecule has 0 aliphatic rings. The molecule has 0 aromatic rings. The highest BCUT2D eigenvalue weighted by Gasteiger charge is 2.26. The third kappa shape index (κ3) is 49.7. The second-order valence-corrected chi connectivity index (χ2v) is 19.6. The zero-order chi connectivity index (χ0) is 46.7. The second-order valence-electron chi connectivity index (χ2n) is 18.1. The molecule has 10 heteroatoms. The number of phosphoric acid groups is 1. The Morgan fingerprint density at radius 2 is 0.812 bits per heavy atom. The Balaban J connectivity index is 3.82. The molecule has 9 nitrogen and oxygen atoms in total. The maximum atomic E-state index is 12.6. The monoisotopic (exact) mass is 924 g/mol. The number of ether oxygens (including phenoxy) is 2. The topological polar surface area (TPSA) is 134 Å². The molecule has 0 fully saturated rings. The quantitative estimate of drug-likeness (QED) is 0.0265. The summed E-state index contributed by atoms with van der Waals surface area (Å²) in [5.74, 6) is -0.819. The Labute approximate surface area is 394 Å². The Morgan fingerprint density at radius 1 is 0.469 bits per heavy atom. The van der Waals surface area contributed by atoms with Crippen molar-refractivity contribution in [2.24, 2.45) is 5.73 Å². The molecule has 64 heavy (non-hydrogen) atoms. The molecule has 0 bridgehead atoms. The van der Waals surface area contributed by atoms with Crippen LogP contribution in [-0.4, -0.2) is 49.3 Å². The highest BCUT2D eigenvalue weighted by molar-refractivity contribution is 7.47. The fourth-order valence-electron chi connectivity index (χ4n) is 7.76. The van der Waals surface area contributed by atoms with Crippen molar-refractivity contribution in [2.45, 2.75) is 270 Å². The first-order valence-electron chi connectivity index (χ1n) is 27.0. The van der Waals surface area contributed by atoms with Crippen LogP contribution in [0.15, 0.2) is 36.5 Å². The van der Waals surface area contributed by atoms with Crippen LogP contribution in [0.2, 0.25) is 0 Å². The number of hydrogen-bond acceptors (Lipinski definition) is 8. The van der Waals surface area contributed by atoms with Crippen molar-refractivity contribution in [3.63, 3.8) is 0 Å². The fraction of sp³-hybridized carbons (Fsp3) is 0.852. The molecule has 0 saturated carbocycles. The standard InChI is InChI=1S/C54H102NO8P/c1-3-5-7-9-11-13-15-16-17-18-19-20-21-22-23-24-25-26-27-28-29-30-31-32-33-34-35-36-37-39-41-43-45-47-54(57)63-52(51-62-64(58,59)61-49-48-55)50-60-53(56)46-44-42-40-38-14-12-10-8-6-4-2/h15-16,18-19,21-22,52H,3-14,17,20,23-51,55H2,1-2H3,(H,58,59)/b16-15-,19-18-,22-21-. The van der Waals surface area contributed by atoms with Gasteiger partial charge in [-0.2, -0.15) is 0 Å². The smallest absolute Gasteiger partial charge is 0.462 e. The number of rotatable bonds is 51. The molecule has 2 atom stereocenters. The van der Waals surface area contributed by atoms with E-state index in [9.17, 15) is 19.0 Å². The van der Waals surface area contributed by atoms with Crippen molar-refractivity contribution < 1.29 is 37.6 Å². The van der Waals surface area contributed by atoms with Gasteiger partial charge in [0.05, 0.1) is 13.2 Å². The summed E-state index contributed by atoms with van der Waals surface area (Å²) in [7, 11) is -4.37. The zero-order valence-corrected chi connectivity index (χ0v) is 42.7. The van der Waals surface area contributed by atoms with E-state index >= 15 is 0 Å². The molecule has 0 aliphatic carbocycles. The first kappa shape index (κ1) is 62.2. The van der Waals surface area contributed by atoms with Gasteiger partial charge in [-0.25, -0.2) is 4.57 Å². The summed E-state index contributed by atoms with van der Waals surface area (Å²) in [4.78, 5) is 34.9. The van der Waals surface area contributed by atoms with Crippen molar-refractivity contribution in [3.8, 4) is 0 Å². The van der Waals surface area contributed by atoms with Crippen molar-refractivity contribution in [1.82, 2.24) is 0 Å². The number of carbonyl (C=O) groups excluding carboxylic acids is 2. The number of hydrogen-bond donors (Lipinski definition) is 2. The Hall–Kier alpha value is -1.77. The van der Waals surface area contributed by atoms with Gasteiger partial charge in [0.25, 0.3) is 0 Å². The van der Waals surface area contributed by atoms with Gasteiger partial charge in [-0.3, -0.25) is 18.6 Å². The Kier molecular flexibility index (Phi) is 49.2. The minimum Gasteiger partial charge on any atom is -0.462 e. The van der Waals surface area contributed by atoms with Crippen LogP contribution in [0.4, 0.5) is 0 Å². The predicted molar refractivity (Wildman–Crippen MR) is 270 cm³/mol. The normalized spacial score (nSPS) is 13.4. The third-order valence-electron chi connectivity index (χ3n) is 11.8. The number of unbranched alkanes of at least 4 members (excludes halogenated alkanes) is 32. The number of nitrogens with two attached hydrogens (primary N) is 1. The molecular weight excluding hydrogens is 822 g/mol. The molecule has 0 rings (SSSR count). The van der Waals surface area contributed by atoms with E-state index in [4.69, 9.17) is 24.3 Å². The van der Waals surface area contributed by atoms with Crippen LogP contribution < -0.4 is 5.73 Å². The number of phosphoric ester groups is 1. The minimum atomic E-state index is -4.37. The molecule has 0 aromatic heterocycles. The summed E-state index contributed by atoms with van der Waals surface area (Å²) in [5, 5.41) is 0. The van der Waals surface area contributed by atoms with E-state index < -0.39 is 26.5 Å². The van der Waals surface area contributed by atoms with E-state index in [-0.39, 0.29) is 38.6 Å². The highest BCUT2D eigenvalue weighted by atomic mass is 31.2. The largest absolute Gasteiger partial charge is 0.472 e. The molecule has 0 saturated heterocycles. The molecule has 0 aromatic carbocycles. The maximum absolute atomic E-state index is 12.6. The van der Waals surface area contributed by atoms with Crippen molar-refractivity contribution in [3.05, 3.63) is 36.5 Å². The lowest BCUT2D eigenvalue weighted by atomic mass is 10.0. The first-order valence-corrected chi connectivity index (χ1v) is 28.5. The summed E-state index contributed by atoms with van der Waals surface area (Å²) in [6, 6.07) is 0. The molecule has 0 radical (unpaired) electrons. The molecule has 0 aliphatic heterocycles. The van der Waals surface area contributed by atoms with Gasteiger partial charge in [-0.05, 0) is 51.4 Å². The molecular formula is C54H102NO8P. The molecule has 3 N–H and O–H groups in total. The lowest BCUT2D eigenvalue weighted by Gasteiger charge is -2.19. The lowest BCUT2D eigenvalue weighted by molar-refractivity contribution is -0.161. The second kappa shape index (κ2) is 50.6. The lowest BCUT2D eigenvalue weighted by Crippen LogP contribution is -2.29. The predicted octanol–water partition coefficient (Wildman–Crippen LogP) is 16.5. The maximum Gasteiger partial charge on any atom is 0.472 e. The zero-order valence-electron chi connectivity index (χ0n) is 41.8. The Morgan fingerprint density at radius 3 is 1.20 bits per heavy atom. The van der Waals surface area contributed by atoms with Gasteiger partial charge >= 0.3 is 19.8 Å². The first-order chi connectivity index (χ1) is 31.3. The van der Waals surface area contributed by atoms with Crippen LogP contribution in [-0.2, 0) is 32.7 Å². The summed E-state index contributed by atoms with van der Waals surface area (Å²) < 4.78 is 32.8. The highest BCUT2D eigenvalue weighted by Crippen LogP contribution is 2.43. The molecule has 2 unspecified atom stereocenters. The van der Waals surface area contributed by atoms with Crippen LogP contribution in [0.25, 0.3) is 0 Å². The van der Waals surface area contributed by atoms with E-state index in [1.807, 2.05) is 0 Å². The van der Waals surface area contributed by atoms with Crippen molar-refractivity contribution in [2.75, 3.05) is 26.4 Å². The van der Waals surface area contributed by atoms with E-state index in [1.54, 1.807) is 0 Å². The van der Waals surface area contributed by atoms with Crippen LogP contribution >= 0.6 is 7.82 Å². The van der Waals surface area contributed by atoms with Gasteiger partial charge < -0.3 is 20.1 Å². The molecule has 0 heterocycles. The van der Waals surface area contributed by atoms with Gasteiger partial charge in [0.2, 0.25) is 0 Å².